The molecular formula is C11H24N2O2. The summed E-state index contributed by atoms with van der Waals surface area (Å²) in [5.41, 5.74) is 5.92. The summed E-state index contributed by atoms with van der Waals surface area (Å²) in [5.74, 6) is 0.285. The molecule has 1 saturated carbocycles. The third-order valence-electron chi connectivity index (χ3n) is 3.60. The van der Waals surface area contributed by atoms with E-state index in [4.69, 9.17) is 10.8 Å². The number of hydrogen-bond acceptors (Lipinski definition) is 4. The van der Waals surface area contributed by atoms with Gasteiger partial charge in [-0.25, -0.2) is 0 Å². The van der Waals surface area contributed by atoms with Crippen LogP contribution in [0.15, 0.2) is 0 Å². The van der Waals surface area contributed by atoms with Crippen molar-refractivity contribution in [3.05, 3.63) is 0 Å². The third kappa shape index (κ3) is 3.14. The van der Waals surface area contributed by atoms with Crippen molar-refractivity contribution in [2.24, 2.45) is 11.7 Å². The summed E-state index contributed by atoms with van der Waals surface area (Å²) in [6.45, 7) is 5.04. The molecule has 0 aromatic heterocycles. The quantitative estimate of drug-likeness (QED) is 0.492. The van der Waals surface area contributed by atoms with E-state index in [1.807, 2.05) is 6.92 Å². The fourth-order valence-electron chi connectivity index (χ4n) is 2.26. The zero-order valence-corrected chi connectivity index (χ0v) is 9.74. The predicted octanol–water partition coefficient (Wildman–Crippen LogP) is -0.165. The van der Waals surface area contributed by atoms with Crippen LogP contribution < -0.4 is 11.1 Å². The van der Waals surface area contributed by atoms with Crippen molar-refractivity contribution in [2.75, 3.05) is 13.2 Å². The van der Waals surface area contributed by atoms with Gasteiger partial charge in [0.15, 0.2) is 0 Å². The van der Waals surface area contributed by atoms with E-state index in [-0.39, 0.29) is 30.2 Å². The second kappa shape index (κ2) is 5.25. The molecule has 1 fully saturated rings. The lowest BCUT2D eigenvalue weighted by atomic mass is 9.73. The molecule has 5 N–H and O–H groups in total. The number of aliphatic hydroxyl groups excluding tert-OH is 2. The van der Waals surface area contributed by atoms with Crippen LogP contribution in [0.2, 0.25) is 0 Å². The molecule has 0 aromatic carbocycles. The average molecular weight is 216 g/mol. The highest BCUT2D eigenvalue weighted by molar-refractivity contribution is 5.00. The minimum atomic E-state index is -0.267. The lowest BCUT2D eigenvalue weighted by Gasteiger charge is -2.45. The van der Waals surface area contributed by atoms with Crippen LogP contribution in [-0.2, 0) is 0 Å². The van der Waals surface area contributed by atoms with Gasteiger partial charge in [-0.1, -0.05) is 6.92 Å². The Hall–Kier alpha value is -0.160. The van der Waals surface area contributed by atoms with Crippen molar-refractivity contribution in [3.63, 3.8) is 0 Å². The lowest BCUT2D eigenvalue weighted by Crippen LogP contribution is -2.62. The van der Waals surface area contributed by atoms with Gasteiger partial charge in [-0.15, -0.1) is 0 Å². The Morgan fingerprint density at radius 2 is 2.20 bits per heavy atom. The smallest absolute Gasteiger partial charge is 0.0584 e. The molecule has 0 heterocycles. The zero-order valence-electron chi connectivity index (χ0n) is 9.74. The molecule has 4 atom stereocenters. The minimum absolute atomic E-state index is 0.0783. The molecule has 0 spiro atoms. The number of hydrogen-bond donors (Lipinski definition) is 4. The number of nitrogens with two attached hydrogens (primary N) is 1. The van der Waals surface area contributed by atoms with Crippen LogP contribution in [0.5, 0.6) is 0 Å². The Morgan fingerprint density at radius 1 is 1.53 bits per heavy atom. The van der Waals surface area contributed by atoms with Gasteiger partial charge >= 0.3 is 0 Å². The molecule has 1 rings (SSSR count). The van der Waals surface area contributed by atoms with Crippen molar-refractivity contribution < 1.29 is 10.2 Å². The molecular weight excluding hydrogens is 192 g/mol. The Labute approximate surface area is 91.9 Å². The highest BCUT2D eigenvalue weighted by Crippen LogP contribution is 2.31. The SMILES string of the molecule is CC1CC(N)C(C)(NCCCO)CC1O. The van der Waals surface area contributed by atoms with E-state index in [1.165, 1.54) is 0 Å². The summed E-state index contributed by atoms with van der Waals surface area (Å²) >= 11 is 0. The second-order valence-electron chi connectivity index (χ2n) is 5.01. The maximum atomic E-state index is 9.84. The minimum Gasteiger partial charge on any atom is -0.396 e. The molecule has 4 nitrogen and oxygen atoms in total. The molecule has 0 saturated heterocycles. The lowest BCUT2D eigenvalue weighted by molar-refractivity contribution is 0.0230. The van der Waals surface area contributed by atoms with Crippen molar-refractivity contribution in [1.29, 1.82) is 0 Å². The van der Waals surface area contributed by atoms with Crippen molar-refractivity contribution >= 4 is 0 Å². The maximum absolute atomic E-state index is 9.84. The first-order chi connectivity index (χ1) is 6.99. The van der Waals surface area contributed by atoms with Crippen LogP contribution in [0.1, 0.15) is 33.1 Å². The first-order valence-corrected chi connectivity index (χ1v) is 5.79. The van der Waals surface area contributed by atoms with E-state index in [0.717, 1.165) is 19.4 Å². The number of aliphatic hydroxyl groups is 2. The molecule has 1 aliphatic carbocycles. The topological polar surface area (TPSA) is 78.5 Å². The normalized spacial score (nSPS) is 41.8. The van der Waals surface area contributed by atoms with E-state index in [2.05, 4.69) is 12.2 Å². The summed E-state index contributed by atoms with van der Waals surface area (Å²) in [6.07, 6.45) is 2.01. The fraction of sp³-hybridized carbons (Fsp3) is 1.00. The highest BCUT2D eigenvalue weighted by Gasteiger charge is 2.40. The molecule has 0 aliphatic heterocycles. The predicted molar refractivity (Wildman–Crippen MR) is 60.5 cm³/mol. The molecule has 90 valence electrons. The summed E-state index contributed by atoms with van der Waals surface area (Å²) < 4.78 is 0. The Morgan fingerprint density at radius 3 is 2.80 bits per heavy atom. The molecule has 1 aliphatic rings. The zero-order chi connectivity index (χ0) is 11.5. The third-order valence-corrected chi connectivity index (χ3v) is 3.60. The fourth-order valence-corrected chi connectivity index (χ4v) is 2.26. The number of nitrogens with one attached hydrogen (secondary N) is 1. The van der Waals surface area contributed by atoms with E-state index >= 15 is 0 Å². The molecule has 0 radical (unpaired) electrons. The number of rotatable bonds is 4. The van der Waals surface area contributed by atoms with Crippen LogP contribution >= 0.6 is 0 Å². The van der Waals surface area contributed by atoms with Gasteiger partial charge in [0.1, 0.15) is 0 Å². The maximum Gasteiger partial charge on any atom is 0.0584 e. The van der Waals surface area contributed by atoms with Crippen molar-refractivity contribution in [2.45, 2.75) is 50.8 Å². The van der Waals surface area contributed by atoms with Crippen LogP contribution in [0.3, 0.4) is 0 Å². The standard InChI is InChI=1S/C11H24N2O2/c1-8-6-10(12)11(2,7-9(8)15)13-4-3-5-14/h8-10,13-15H,3-7,12H2,1-2H3. The van der Waals surface area contributed by atoms with E-state index in [9.17, 15) is 5.11 Å². The highest BCUT2D eigenvalue weighted by atomic mass is 16.3. The first kappa shape index (κ1) is 12.9. The largest absolute Gasteiger partial charge is 0.396 e. The van der Waals surface area contributed by atoms with Gasteiger partial charge in [0.2, 0.25) is 0 Å². The Bertz CT molecular complexity index is 201. The van der Waals surface area contributed by atoms with Crippen LogP contribution in [0.25, 0.3) is 0 Å². The van der Waals surface area contributed by atoms with Gasteiger partial charge in [-0.05, 0) is 38.6 Å². The van der Waals surface area contributed by atoms with Gasteiger partial charge in [0, 0.05) is 18.2 Å². The van der Waals surface area contributed by atoms with Gasteiger partial charge in [-0.3, -0.25) is 0 Å². The molecule has 4 unspecified atom stereocenters. The molecule has 0 amide bonds. The summed E-state index contributed by atoms with van der Waals surface area (Å²) in [5, 5.41) is 21.9. The van der Waals surface area contributed by atoms with Gasteiger partial charge in [-0.2, -0.15) is 0 Å². The van der Waals surface area contributed by atoms with Gasteiger partial charge in [0.25, 0.3) is 0 Å². The monoisotopic (exact) mass is 216 g/mol. The first-order valence-electron chi connectivity index (χ1n) is 5.79. The second-order valence-corrected chi connectivity index (χ2v) is 5.01. The Kier molecular flexibility index (Phi) is 4.52. The van der Waals surface area contributed by atoms with Crippen LogP contribution in [0.4, 0.5) is 0 Å². The van der Waals surface area contributed by atoms with Crippen molar-refractivity contribution in [3.8, 4) is 0 Å². The molecule has 0 bridgehead atoms. The molecule has 15 heavy (non-hydrogen) atoms. The van der Waals surface area contributed by atoms with E-state index in [0.29, 0.717) is 6.42 Å². The average Bonchev–Trinajstić information content (AvgIpc) is 2.16. The molecule has 4 heteroatoms. The van der Waals surface area contributed by atoms with Crippen LogP contribution in [-0.4, -0.2) is 41.0 Å². The van der Waals surface area contributed by atoms with Gasteiger partial charge < -0.3 is 21.3 Å². The van der Waals surface area contributed by atoms with Gasteiger partial charge in [0.05, 0.1) is 6.10 Å². The summed E-state index contributed by atoms with van der Waals surface area (Å²) in [6, 6.07) is 0.0783. The Balaban J connectivity index is 2.50. The van der Waals surface area contributed by atoms with E-state index in [1.54, 1.807) is 0 Å². The van der Waals surface area contributed by atoms with E-state index < -0.39 is 0 Å². The summed E-state index contributed by atoms with van der Waals surface area (Å²) in [7, 11) is 0. The van der Waals surface area contributed by atoms with Crippen molar-refractivity contribution in [1.82, 2.24) is 5.32 Å². The summed E-state index contributed by atoms with van der Waals surface area (Å²) in [4.78, 5) is 0. The van der Waals surface area contributed by atoms with Crippen LogP contribution in [0, 0.1) is 5.92 Å². The molecule has 0 aromatic rings.